The Hall–Kier alpha value is -4.44. The molecular weight excluding hydrogens is 576 g/mol. The molecule has 10 heteroatoms. The highest BCUT2D eigenvalue weighted by Gasteiger charge is 2.16. The van der Waals surface area contributed by atoms with Gasteiger partial charge in [-0.1, -0.05) is 71.5 Å². The van der Waals surface area contributed by atoms with Crippen LogP contribution in [0.3, 0.4) is 0 Å². The molecule has 3 N–H and O–H groups in total. The Bertz CT molecular complexity index is 1700. The van der Waals surface area contributed by atoms with E-state index >= 15 is 0 Å². The molecule has 1 aromatic heterocycles. The number of carbonyl (C=O) groups excluding carboxylic acids is 3. The lowest BCUT2D eigenvalue weighted by molar-refractivity contribution is -0.114. The number of nitrogens with zero attached hydrogens (tertiary/aromatic N) is 1. The minimum atomic E-state index is -0.509. The van der Waals surface area contributed by atoms with Crippen molar-refractivity contribution in [1.82, 2.24) is 10.3 Å². The third-order valence-corrected chi connectivity index (χ3v) is 8.06. The van der Waals surface area contributed by atoms with Gasteiger partial charge in [0.15, 0.2) is 5.13 Å². The van der Waals surface area contributed by atoms with Crippen LogP contribution in [0.15, 0.2) is 114 Å². The Morgan fingerprint density at radius 3 is 2.29 bits per heavy atom. The van der Waals surface area contributed by atoms with E-state index in [1.54, 1.807) is 66.7 Å². The Morgan fingerprint density at radius 1 is 0.829 bits per heavy atom. The zero-order valence-corrected chi connectivity index (χ0v) is 23.9. The molecule has 5 rings (SSSR count). The van der Waals surface area contributed by atoms with E-state index in [4.69, 9.17) is 11.6 Å². The highest BCUT2D eigenvalue weighted by Crippen LogP contribution is 2.26. The number of thiazole rings is 1. The van der Waals surface area contributed by atoms with E-state index in [2.05, 4.69) is 20.9 Å². The topological polar surface area (TPSA) is 100 Å². The maximum atomic E-state index is 13.2. The summed E-state index contributed by atoms with van der Waals surface area (Å²) in [5, 5.41) is 9.37. The molecule has 0 atom stereocenters. The second kappa shape index (κ2) is 13.3. The Kier molecular flexibility index (Phi) is 9.10. The number of hydrogen-bond acceptors (Lipinski definition) is 6. The standard InChI is InChI=1S/C31H23ClN4O3S2/c32-24-11-5-4-10-21(24)18-26(34-29(38)20-8-2-1-3-9-20)30(39)33-22-14-16-23(17-15-22)40-19-28(37)36-31-35-25-12-6-7-13-27(25)41-31/h1-18H,19H2,(H,33,39)(H,34,38)(H,35,36,37)/b26-18-. The summed E-state index contributed by atoms with van der Waals surface area (Å²) in [7, 11) is 0. The number of carbonyl (C=O) groups is 3. The quantitative estimate of drug-likeness (QED) is 0.124. The minimum absolute atomic E-state index is 0.0388. The van der Waals surface area contributed by atoms with Crippen LogP contribution in [0.25, 0.3) is 16.3 Å². The summed E-state index contributed by atoms with van der Waals surface area (Å²) in [6.07, 6.45) is 1.53. The first-order valence-corrected chi connectivity index (χ1v) is 14.6. The molecule has 0 bridgehead atoms. The average molecular weight is 599 g/mol. The van der Waals surface area contributed by atoms with Crippen LogP contribution in [0.2, 0.25) is 5.02 Å². The number of hydrogen-bond donors (Lipinski definition) is 3. The van der Waals surface area contributed by atoms with Crippen LogP contribution < -0.4 is 16.0 Å². The second-order valence-electron chi connectivity index (χ2n) is 8.70. The van der Waals surface area contributed by atoms with Gasteiger partial charge in [0.05, 0.1) is 16.0 Å². The van der Waals surface area contributed by atoms with Crippen molar-refractivity contribution in [2.45, 2.75) is 4.90 Å². The molecule has 204 valence electrons. The largest absolute Gasteiger partial charge is 0.321 e. The zero-order chi connectivity index (χ0) is 28.6. The number of rotatable bonds is 9. The fourth-order valence-corrected chi connectivity index (χ4v) is 5.52. The van der Waals surface area contributed by atoms with E-state index < -0.39 is 11.8 Å². The van der Waals surface area contributed by atoms with Crippen LogP contribution in [-0.4, -0.2) is 28.5 Å². The molecule has 0 aliphatic carbocycles. The van der Waals surface area contributed by atoms with Gasteiger partial charge in [-0.3, -0.25) is 14.4 Å². The highest BCUT2D eigenvalue weighted by molar-refractivity contribution is 8.00. The highest BCUT2D eigenvalue weighted by atomic mass is 35.5. The Labute approximate surface area is 249 Å². The zero-order valence-electron chi connectivity index (χ0n) is 21.5. The maximum absolute atomic E-state index is 13.2. The van der Waals surface area contributed by atoms with Crippen molar-refractivity contribution >= 4 is 79.5 Å². The number of anilines is 2. The van der Waals surface area contributed by atoms with Crippen LogP contribution in [0.5, 0.6) is 0 Å². The lowest BCUT2D eigenvalue weighted by atomic mass is 10.1. The van der Waals surface area contributed by atoms with Crippen molar-refractivity contribution in [3.63, 3.8) is 0 Å². The van der Waals surface area contributed by atoms with E-state index in [0.717, 1.165) is 15.1 Å². The summed E-state index contributed by atoms with van der Waals surface area (Å²) in [5.74, 6) is -0.882. The van der Waals surface area contributed by atoms with Crippen LogP contribution in [0.4, 0.5) is 10.8 Å². The molecule has 1 heterocycles. The number of fused-ring (bicyclic) bond motifs is 1. The van der Waals surface area contributed by atoms with Gasteiger partial charge in [-0.2, -0.15) is 0 Å². The fourth-order valence-electron chi connectivity index (χ4n) is 3.75. The molecule has 0 saturated carbocycles. The average Bonchev–Trinajstić information content (AvgIpc) is 3.40. The number of thioether (sulfide) groups is 1. The molecule has 7 nitrogen and oxygen atoms in total. The van der Waals surface area contributed by atoms with Gasteiger partial charge in [-0.15, -0.1) is 11.8 Å². The summed E-state index contributed by atoms with van der Waals surface area (Å²) < 4.78 is 1.01. The maximum Gasteiger partial charge on any atom is 0.272 e. The molecule has 3 amide bonds. The second-order valence-corrected chi connectivity index (χ2v) is 11.2. The molecule has 5 aromatic rings. The molecule has 0 fully saturated rings. The van der Waals surface area contributed by atoms with Gasteiger partial charge < -0.3 is 16.0 Å². The van der Waals surface area contributed by atoms with Gasteiger partial charge in [0.25, 0.3) is 11.8 Å². The molecule has 4 aromatic carbocycles. The van der Waals surface area contributed by atoms with Gasteiger partial charge in [-0.25, -0.2) is 4.98 Å². The van der Waals surface area contributed by atoms with Crippen molar-refractivity contribution in [2.24, 2.45) is 0 Å². The molecule has 0 saturated heterocycles. The normalized spacial score (nSPS) is 11.2. The molecule has 41 heavy (non-hydrogen) atoms. The number of halogens is 1. The van der Waals surface area contributed by atoms with E-state index in [0.29, 0.717) is 27.0 Å². The minimum Gasteiger partial charge on any atom is -0.321 e. The van der Waals surface area contributed by atoms with E-state index in [1.165, 1.54) is 29.2 Å². The molecular formula is C31H23ClN4O3S2. The lowest BCUT2D eigenvalue weighted by Gasteiger charge is -2.12. The third kappa shape index (κ3) is 7.61. The molecule has 0 spiro atoms. The van der Waals surface area contributed by atoms with E-state index in [-0.39, 0.29) is 17.4 Å². The van der Waals surface area contributed by atoms with Gasteiger partial charge in [0, 0.05) is 21.2 Å². The SMILES string of the molecule is O=C(CSc1ccc(NC(=O)/C(=C/c2ccccc2Cl)NC(=O)c2ccccc2)cc1)Nc1nc2ccccc2s1. The number of nitrogens with one attached hydrogen (secondary N) is 3. The smallest absolute Gasteiger partial charge is 0.272 e. The summed E-state index contributed by atoms with van der Waals surface area (Å²) in [4.78, 5) is 43.8. The third-order valence-electron chi connectivity index (χ3n) is 5.76. The van der Waals surface area contributed by atoms with E-state index in [1.807, 2.05) is 36.4 Å². The first kappa shape index (κ1) is 28.1. The van der Waals surface area contributed by atoms with Gasteiger partial charge in [-0.05, 0) is 66.2 Å². The Balaban J connectivity index is 1.22. The first-order chi connectivity index (χ1) is 19.9. The molecule has 0 aliphatic heterocycles. The van der Waals surface area contributed by atoms with Crippen molar-refractivity contribution in [1.29, 1.82) is 0 Å². The monoisotopic (exact) mass is 598 g/mol. The van der Waals surface area contributed by atoms with Gasteiger partial charge in [0.2, 0.25) is 5.91 Å². The predicted molar refractivity (Wildman–Crippen MR) is 167 cm³/mol. The summed E-state index contributed by atoms with van der Waals surface area (Å²) in [6, 6.07) is 30.5. The van der Waals surface area contributed by atoms with Crippen molar-refractivity contribution < 1.29 is 14.4 Å². The van der Waals surface area contributed by atoms with Crippen LogP contribution in [0, 0.1) is 0 Å². The number of aromatic nitrogens is 1. The lowest BCUT2D eigenvalue weighted by Crippen LogP contribution is -2.30. The number of benzene rings is 4. The molecule has 0 aliphatic rings. The number of amides is 3. The predicted octanol–water partition coefficient (Wildman–Crippen LogP) is 7.09. The van der Waals surface area contributed by atoms with Crippen molar-refractivity contribution in [3.05, 3.63) is 125 Å². The Morgan fingerprint density at radius 2 is 1.54 bits per heavy atom. The van der Waals surface area contributed by atoms with Crippen LogP contribution in [0.1, 0.15) is 15.9 Å². The fraction of sp³-hybridized carbons (Fsp3) is 0.0323. The molecule has 0 unspecified atom stereocenters. The van der Waals surface area contributed by atoms with Crippen molar-refractivity contribution in [3.8, 4) is 0 Å². The van der Waals surface area contributed by atoms with E-state index in [9.17, 15) is 14.4 Å². The van der Waals surface area contributed by atoms with Gasteiger partial charge >= 0.3 is 0 Å². The molecule has 0 radical (unpaired) electrons. The van der Waals surface area contributed by atoms with Crippen LogP contribution >= 0.6 is 34.7 Å². The van der Waals surface area contributed by atoms with Gasteiger partial charge in [0.1, 0.15) is 5.70 Å². The van der Waals surface area contributed by atoms with Crippen molar-refractivity contribution in [2.75, 3.05) is 16.4 Å². The first-order valence-electron chi connectivity index (χ1n) is 12.5. The van der Waals surface area contributed by atoms with Crippen LogP contribution in [-0.2, 0) is 9.59 Å². The summed E-state index contributed by atoms with van der Waals surface area (Å²) in [5.41, 5.74) is 2.42. The summed E-state index contributed by atoms with van der Waals surface area (Å²) in [6.45, 7) is 0. The number of para-hydroxylation sites is 1. The summed E-state index contributed by atoms with van der Waals surface area (Å²) >= 11 is 9.09.